The second-order valence-corrected chi connectivity index (χ2v) is 9.91. The fraction of sp³-hybridized carbons (Fsp3) is 0.304. The first-order chi connectivity index (χ1) is 14.2. The van der Waals surface area contributed by atoms with E-state index in [0.29, 0.717) is 11.9 Å². The van der Waals surface area contributed by atoms with Crippen LogP contribution in [0.25, 0.3) is 17.0 Å². The topological polar surface area (TPSA) is 46.9 Å². The summed E-state index contributed by atoms with van der Waals surface area (Å²) in [4.78, 5) is 12.5. The van der Waals surface area contributed by atoms with E-state index in [0.717, 1.165) is 20.4 Å². The van der Waals surface area contributed by atoms with Crippen LogP contribution in [0.5, 0.6) is 0 Å². The van der Waals surface area contributed by atoms with Crippen molar-refractivity contribution in [2.75, 3.05) is 12.3 Å². The fourth-order valence-corrected chi connectivity index (χ4v) is 6.20. The molecule has 1 amide bonds. The fourth-order valence-electron chi connectivity index (χ4n) is 4.23. The third-order valence-electron chi connectivity index (χ3n) is 5.74. The molecule has 4 nitrogen and oxygen atoms in total. The van der Waals surface area contributed by atoms with Gasteiger partial charge in [-0.1, -0.05) is 36.4 Å². The molecule has 6 heteroatoms. The van der Waals surface area contributed by atoms with Gasteiger partial charge in [-0.05, 0) is 76.9 Å². The molecule has 0 radical (unpaired) electrons. The van der Waals surface area contributed by atoms with E-state index in [1.165, 1.54) is 36.0 Å². The SMILES string of the molecule is O=C1NCC(c2ccccc2)/C1=C\c1ccc2c(I)nn(C3CCCCS3)c2c1. The van der Waals surface area contributed by atoms with E-state index in [2.05, 4.69) is 69.0 Å². The molecule has 29 heavy (non-hydrogen) atoms. The van der Waals surface area contributed by atoms with Crippen molar-refractivity contribution in [2.24, 2.45) is 0 Å². The molecule has 0 aliphatic carbocycles. The molecule has 3 heterocycles. The zero-order valence-electron chi connectivity index (χ0n) is 16.0. The average molecular weight is 515 g/mol. The lowest BCUT2D eigenvalue weighted by atomic mass is 9.92. The predicted molar refractivity (Wildman–Crippen MR) is 128 cm³/mol. The molecule has 2 aliphatic heterocycles. The number of rotatable bonds is 3. The standard InChI is InChI=1S/C23H22IN3OS/c24-22-17-10-9-15(13-20(17)27(26-22)21-8-4-5-11-29-21)12-18-19(14-25-23(18)28)16-6-2-1-3-7-16/h1-3,6-7,9-10,12-13,19,21H,4-5,8,11,14H2,(H,25,28)/b18-12+. The normalized spacial score (nSPS) is 23.6. The quantitative estimate of drug-likeness (QED) is 0.378. The Hall–Kier alpha value is -1.80. The summed E-state index contributed by atoms with van der Waals surface area (Å²) >= 11 is 4.33. The Morgan fingerprint density at radius 1 is 1.17 bits per heavy atom. The highest BCUT2D eigenvalue weighted by molar-refractivity contribution is 14.1. The summed E-state index contributed by atoms with van der Waals surface area (Å²) < 4.78 is 3.25. The molecule has 2 atom stereocenters. The highest BCUT2D eigenvalue weighted by Crippen LogP contribution is 2.37. The predicted octanol–water partition coefficient (Wildman–Crippen LogP) is 5.35. The molecule has 2 saturated heterocycles. The van der Waals surface area contributed by atoms with E-state index in [1.807, 2.05) is 30.0 Å². The third kappa shape index (κ3) is 3.72. The van der Waals surface area contributed by atoms with Gasteiger partial charge >= 0.3 is 0 Å². The zero-order chi connectivity index (χ0) is 19.8. The summed E-state index contributed by atoms with van der Waals surface area (Å²) in [5, 5.41) is 9.46. The van der Waals surface area contributed by atoms with Crippen molar-refractivity contribution < 1.29 is 4.79 Å². The Bertz CT molecular complexity index is 1090. The molecule has 0 bridgehead atoms. The first-order valence-electron chi connectivity index (χ1n) is 10.0. The molecule has 5 rings (SSSR count). The number of hydrogen-bond donors (Lipinski definition) is 1. The van der Waals surface area contributed by atoms with Crippen molar-refractivity contribution in [3.05, 3.63) is 68.9 Å². The summed E-state index contributed by atoms with van der Waals surface area (Å²) in [7, 11) is 0. The second-order valence-electron chi connectivity index (χ2n) is 7.61. The smallest absolute Gasteiger partial charge is 0.247 e. The van der Waals surface area contributed by atoms with Gasteiger partial charge in [0, 0.05) is 23.4 Å². The number of aromatic nitrogens is 2. The average Bonchev–Trinajstić information content (AvgIpc) is 3.29. The number of benzene rings is 2. The maximum atomic E-state index is 12.5. The number of nitrogens with one attached hydrogen (secondary N) is 1. The third-order valence-corrected chi connectivity index (χ3v) is 7.88. The van der Waals surface area contributed by atoms with E-state index in [1.54, 1.807) is 0 Å². The Morgan fingerprint density at radius 2 is 2.03 bits per heavy atom. The van der Waals surface area contributed by atoms with Gasteiger partial charge in [0.05, 0.1) is 10.9 Å². The maximum Gasteiger partial charge on any atom is 0.247 e. The van der Waals surface area contributed by atoms with Crippen molar-refractivity contribution in [3.8, 4) is 0 Å². The number of halogens is 1. The van der Waals surface area contributed by atoms with E-state index in [4.69, 9.17) is 5.10 Å². The van der Waals surface area contributed by atoms with E-state index >= 15 is 0 Å². The van der Waals surface area contributed by atoms with Gasteiger partial charge in [0.15, 0.2) is 0 Å². The molecule has 2 fully saturated rings. The number of carbonyl (C=O) groups excluding carboxylic acids is 1. The molecule has 0 saturated carbocycles. The molecule has 1 aromatic heterocycles. The van der Waals surface area contributed by atoms with Gasteiger partial charge in [-0.3, -0.25) is 9.48 Å². The van der Waals surface area contributed by atoms with Gasteiger partial charge in [-0.2, -0.15) is 5.10 Å². The Balaban J connectivity index is 1.55. The van der Waals surface area contributed by atoms with Crippen molar-refractivity contribution >= 4 is 57.2 Å². The number of hydrogen-bond acceptors (Lipinski definition) is 3. The first kappa shape index (κ1) is 19.2. The highest BCUT2D eigenvalue weighted by Gasteiger charge is 2.29. The van der Waals surface area contributed by atoms with E-state index < -0.39 is 0 Å². The molecule has 2 unspecified atom stereocenters. The summed E-state index contributed by atoms with van der Waals surface area (Å²) in [6.07, 6.45) is 5.78. The van der Waals surface area contributed by atoms with Crippen LogP contribution < -0.4 is 5.32 Å². The molecule has 2 aromatic carbocycles. The lowest BCUT2D eigenvalue weighted by molar-refractivity contribution is -0.116. The van der Waals surface area contributed by atoms with E-state index in [9.17, 15) is 4.79 Å². The number of fused-ring (bicyclic) bond motifs is 1. The lowest BCUT2D eigenvalue weighted by Crippen LogP contribution is -2.14. The first-order valence-corrected chi connectivity index (χ1v) is 12.2. The summed E-state index contributed by atoms with van der Waals surface area (Å²) in [6.45, 7) is 0.658. The van der Waals surface area contributed by atoms with Crippen molar-refractivity contribution in [1.82, 2.24) is 15.1 Å². The Morgan fingerprint density at radius 3 is 2.83 bits per heavy atom. The molecular weight excluding hydrogens is 493 g/mol. The summed E-state index contributed by atoms with van der Waals surface area (Å²) in [6, 6.07) is 16.7. The molecule has 2 aliphatic rings. The van der Waals surface area contributed by atoms with Crippen LogP contribution in [0.4, 0.5) is 0 Å². The van der Waals surface area contributed by atoms with Gasteiger partial charge in [-0.15, -0.1) is 11.8 Å². The van der Waals surface area contributed by atoms with Crippen LogP contribution in [0.3, 0.4) is 0 Å². The van der Waals surface area contributed by atoms with Gasteiger partial charge in [-0.25, -0.2) is 0 Å². The number of thioether (sulfide) groups is 1. The molecule has 3 aromatic rings. The Labute approximate surface area is 188 Å². The van der Waals surface area contributed by atoms with Crippen LogP contribution in [-0.2, 0) is 4.79 Å². The van der Waals surface area contributed by atoms with Gasteiger partial charge in [0.1, 0.15) is 3.70 Å². The lowest BCUT2D eigenvalue weighted by Gasteiger charge is -2.22. The minimum absolute atomic E-state index is 0.0323. The Kier molecular flexibility index (Phi) is 5.39. The summed E-state index contributed by atoms with van der Waals surface area (Å²) in [5.74, 6) is 1.33. The van der Waals surface area contributed by atoms with Gasteiger partial charge in [0.2, 0.25) is 5.91 Å². The highest BCUT2D eigenvalue weighted by atomic mass is 127. The summed E-state index contributed by atoms with van der Waals surface area (Å²) in [5.41, 5.74) is 4.24. The molecule has 0 spiro atoms. The molecule has 148 valence electrons. The van der Waals surface area contributed by atoms with Crippen LogP contribution in [0, 0.1) is 3.70 Å². The largest absolute Gasteiger partial charge is 0.351 e. The van der Waals surface area contributed by atoms with Crippen molar-refractivity contribution in [1.29, 1.82) is 0 Å². The molecule has 1 N–H and O–H groups in total. The van der Waals surface area contributed by atoms with Gasteiger partial charge in [0.25, 0.3) is 0 Å². The zero-order valence-corrected chi connectivity index (χ0v) is 18.9. The van der Waals surface area contributed by atoms with Crippen molar-refractivity contribution in [2.45, 2.75) is 30.6 Å². The van der Waals surface area contributed by atoms with Crippen LogP contribution in [0.1, 0.15) is 41.7 Å². The number of carbonyl (C=O) groups is 1. The maximum absolute atomic E-state index is 12.5. The van der Waals surface area contributed by atoms with Crippen LogP contribution in [-0.4, -0.2) is 28.0 Å². The van der Waals surface area contributed by atoms with E-state index in [-0.39, 0.29) is 11.8 Å². The van der Waals surface area contributed by atoms with Crippen LogP contribution in [0.2, 0.25) is 0 Å². The minimum atomic E-state index is 0.0323. The minimum Gasteiger partial charge on any atom is -0.351 e. The molecular formula is C23H22IN3OS. The monoisotopic (exact) mass is 515 g/mol. The van der Waals surface area contributed by atoms with Crippen molar-refractivity contribution in [3.63, 3.8) is 0 Å². The second kappa shape index (κ2) is 8.14. The number of amides is 1. The van der Waals surface area contributed by atoms with Crippen LogP contribution in [0.15, 0.2) is 54.1 Å². The van der Waals surface area contributed by atoms with Crippen LogP contribution >= 0.6 is 34.4 Å². The van der Waals surface area contributed by atoms with Gasteiger partial charge < -0.3 is 5.32 Å². The number of nitrogens with zero attached hydrogens (tertiary/aromatic N) is 2.